The number of hydrogen-bond donors (Lipinski definition) is 1. The van der Waals surface area contributed by atoms with Gasteiger partial charge in [-0.2, -0.15) is 0 Å². The van der Waals surface area contributed by atoms with E-state index >= 15 is 0 Å². The van der Waals surface area contributed by atoms with Gasteiger partial charge in [0.2, 0.25) is 0 Å². The fourth-order valence-electron chi connectivity index (χ4n) is 3.88. The number of nitrogens with one attached hydrogen (secondary N) is 1. The maximum atomic E-state index is 12.6. The summed E-state index contributed by atoms with van der Waals surface area (Å²) in [5.41, 5.74) is 0. The van der Waals surface area contributed by atoms with Crippen molar-refractivity contribution in [3.8, 4) is 0 Å². The van der Waals surface area contributed by atoms with E-state index in [1.54, 1.807) is 0 Å². The van der Waals surface area contributed by atoms with Crippen LogP contribution >= 0.6 is 0 Å². The van der Waals surface area contributed by atoms with Gasteiger partial charge in [0, 0.05) is 6.04 Å². The molecule has 2 aliphatic carbocycles. The van der Waals surface area contributed by atoms with E-state index in [0.29, 0.717) is 17.7 Å². The van der Waals surface area contributed by atoms with Crippen LogP contribution in [0.5, 0.6) is 0 Å². The first-order valence-electron chi connectivity index (χ1n) is 7.99. The fraction of sp³-hybridized carbons (Fsp3) is 1.00. The normalized spacial score (nSPS) is 33.1. The molecule has 0 aromatic carbocycles. The van der Waals surface area contributed by atoms with Gasteiger partial charge in [0.05, 0.1) is 11.0 Å². The van der Waals surface area contributed by atoms with Gasteiger partial charge in [-0.05, 0) is 50.5 Å². The minimum atomic E-state index is -2.89. The Labute approximate surface area is 118 Å². The van der Waals surface area contributed by atoms with E-state index in [2.05, 4.69) is 19.2 Å². The van der Waals surface area contributed by atoms with Crippen molar-refractivity contribution in [1.82, 2.24) is 5.32 Å². The Balaban J connectivity index is 1.93. The van der Waals surface area contributed by atoms with Gasteiger partial charge in [0.1, 0.15) is 0 Å². The van der Waals surface area contributed by atoms with Gasteiger partial charge in [-0.25, -0.2) is 8.42 Å². The van der Waals surface area contributed by atoms with E-state index in [-0.39, 0.29) is 11.2 Å². The Kier molecular flexibility index (Phi) is 5.29. The molecule has 0 aromatic heterocycles. The van der Waals surface area contributed by atoms with Gasteiger partial charge in [-0.15, -0.1) is 0 Å². The van der Waals surface area contributed by atoms with E-state index < -0.39 is 9.84 Å². The standard InChI is InChI=1S/C15H29NO2S/c1-3-10-16-14-8-9-15(12(14)2)19(17,18)11-13-6-4-5-7-13/h12-16H,3-11H2,1-2H3. The molecule has 3 nitrogen and oxygen atoms in total. The molecular weight excluding hydrogens is 258 g/mol. The number of sulfone groups is 1. The molecule has 0 spiro atoms. The molecule has 112 valence electrons. The van der Waals surface area contributed by atoms with Gasteiger partial charge in [0.15, 0.2) is 9.84 Å². The zero-order valence-electron chi connectivity index (χ0n) is 12.4. The summed E-state index contributed by atoms with van der Waals surface area (Å²) in [7, 11) is -2.89. The zero-order valence-corrected chi connectivity index (χ0v) is 13.2. The largest absolute Gasteiger partial charge is 0.314 e. The lowest BCUT2D eigenvalue weighted by Crippen LogP contribution is -2.38. The molecule has 1 N–H and O–H groups in total. The Morgan fingerprint density at radius 1 is 1.11 bits per heavy atom. The molecule has 2 saturated carbocycles. The van der Waals surface area contributed by atoms with Crippen molar-refractivity contribution in [2.24, 2.45) is 11.8 Å². The summed E-state index contributed by atoms with van der Waals surface area (Å²) in [4.78, 5) is 0. The molecule has 0 aliphatic heterocycles. The Hall–Kier alpha value is -0.0900. The monoisotopic (exact) mass is 287 g/mol. The topological polar surface area (TPSA) is 46.2 Å². The predicted molar refractivity (Wildman–Crippen MR) is 80.0 cm³/mol. The third kappa shape index (κ3) is 3.72. The molecule has 4 heteroatoms. The maximum Gasteiger partial charge on any atom is 0.153 e. The second-order valence-corrected chi connectivity index (χ2v) is 8.78. The first-order valence-corrected chi connectivity index (χ1v) is 9.71. The first-order chi connectivity index (χ1) is 9.04. The second-order valence-electron chi connectivity index (χ2n) is 6.52. The molecule has 3 atom stereocenters. The highest BCUT2D eigenvalue weighted by Crippen LogP contribution is 2.34. The molecular formula is C15H29NO2S. The molecule has 0 radical (unpaired) electrons. The van der Waals surface area contributed by atoms with Gasteiger partial charge in [-0.1, -0.05) is 26.7 Å². The van der Waals surface area contributed by atoms with Crippen LogP contribution in [0.25, 0.3) is 0 Å². The lowest BCUT2D eigenvalue weighted by atomic mass is 10.1. The molecule has 2 rings (SSSR count). The molecule has 2 fully saturated rings. The average Bonchev–Trinajstić information content (AvgIpc) is 2.96. The summed E-state index contributed by atoms with van der Waals surface area (Å²) in [6, 6.07) is 0.406. The van der Waals surface area contributed by atoms with Crippen LogP contribution in [0.1, 0.15) is 58.8 Å². The van der Waals surface area contributed by atoms with Crippen LogP contribution < -0.4 is 5.32 Å². The average molecular weight is 287 g/mol. The lowest BCUT2D eigenvalue weighted by Gasteiger charge is -2.23. The van der Waals surface area contributed by atoms with Crippen LogP contribution in [0.2, 0.25) is 0 Å². The highest BCUT2D eigenvalue weighted by Gasteiger charge is 2.41. The van der Waals surface area contributed by atoms with Crippen LogP contribution in [0.15, 0.2) is 0 Å². The van der Waals surface area contributed by atoms with Gasteiger partial charge >= 0.3 is 0 Å². The van der Waals surface area contributed by atoms with E-state index in [1.807, 2.05) is 0 Å². The van der Waals surface area contributed by atoms with E-state index in [4.69, 9.17) is 0 Å². The minimum Gasteiger partial charge on any atom is -0.314 e. The quantitative estimate of drug-likeness (QED) is 0.817. The Bertz CT molecular complexity index is 374. The zero-order chi connectivity index (χ0) is 13.9. The van der Waals surface area contributed by atoms with Crippen molar-refractivity contribution < 1.29 is 8.42 Å². The minimum absolute atomic E-state index is 0.0949. The maximum absolute atomic E-state index is 12.6. The van der Waals surface area contributed by atoms with Gasteiger partial charge < -0.3 is 5.32 Å². The summed E-state index contributed by atoms with van der Waals surface area (Å²) in [6.45, 7) is 5.28. The Morgan fingerprint density at radius 2 is 1.79 bits per heavy atom. The summed E-state index contributed by atoms with van der Waals surface area (Å²) in [6.07, 6.45) is 7.69. The summed E-state index contributed by atoms with van der Waals surface area (Å²) in [5.74, 6) is 1.17. The molecule has 19 heavy (non-hydrogen) atoms. The van der Waals surface area contributed by atoms with Crippen molar-refractivity contribution in [3.05, 3.63) is 0 Å². The summed E-state index contributed by atoms with van der Waals surface area (Å²) in [5, 5.41) is 3.42. The number of rotatable bonds is 6. The lowest BCUT2D eigenvalue weighted by molar-refractivity contribution is 0.423. The fourth-order valence-corrected chi connectivity index (χ4v) is 6.46. The Morgan fingerprint density at radius 3 is 2.42 bits per heavy atom. The third-order valence-corrected chi connectivity index (χ3v) is 7.57. The van der Waals surface area contributed by atoms with Crippen LogP contribution in [0.4, 0.5) is 0 Å². The van der Waals surface area contributed by atoms with Crippen molar-refractivity contribution in [3.63, 3.8) is 0 Å². The van der Waals surface area contributed by atoms with Crippen molar-refractivity contribution in [2.45, 2.75) is 70.1 Å². The smallest absolute Gasteiger partial charge is 0.153 e. The van der Waals surface area contributed by atoms with Gasteiger partial charge in [-0.3, -0.25) is 0 Å². The first kappa shape index (κ1) is 15.3. The number of hydrogen-bond acceptors (Lipinski definition) is 3. The molecule has 0 heterocycles. The molecule has 0 bridgehead atoms. The van der Waals surface area contributed by atoms with Crippen LogP contribution in [0.3, 0.4) is 0 Å². The molecule has 0 aromatic rings. The van der Waals surface area contributed by atoms with E-state index in [0.717, 1.165) is 38.6 Å². The van der Waals surface area contributed by atoms with Gasteiger partial charge in [0.25, 0.3) is 0 Å². The molecule has 2 aliphatic rings. The van der Waals surface area contributed by atoms with E-state index in [9.17, 15) is 8.42 Å². The summed E-state index contributed by atoms with van der Waals surface area (Å²) < 4.78 is 25.2. The highest BCUT2D eigenvalue weighted by atomic mass is 32.2. The van der Waals surface area contributed by atoms with Crippen molar-refractivity contribution in [2.75, 3.05) is 12.3 Å². The molecule has 0 saturated heterocycles. The third-order valence-electron chi connectivity index (χ3n) is 5.04. The van der Waals surface area contributed by atoms with Crippen LogP contribution in [-0.4, -0.2) is 32.0 Å². The van der Waals surface area contributed by atoms with Crippen LogP contribution in [-0.2, 0) is 9.84 Å². The summed E-state index contributed by atoms with van der Waals surface area (Å²) >= 11 is 0. The SMILES string of the molecule is CCCNC1CCC(S(=O)(=O)CC2CCCC2)C1C. The highest BCUT2D eigenvalue weighted by molar-refractivity contribution is 7.92. The van der Waals surface area contributed by atoms with E-state index in [1.165, 1.54) is 12.8 Å². The molecule has 0 amide bonds. The second kappa shape index (κ2) is 6.57. The van der Waals surface area contributed by atoms with Crippen LogP contribution in [0, 0.1) is 11.8 Å². The molecule has 3 unspecified atom stereocenters. The predicted octanol–water partition coefficient (Wildman–Crippen LogP) is 2.76. The van der Waals surface area contributed by atoms with Crippen molar-refractivity contribution >= 4 is 9.84 Å². The van der Waals surface area contributed by atoms with Crippen molar-refractivity contribution in [1.29, 1.82) is 0 Å².